The number of anilines is 1. The molecule has 7 nitrogen and oxygen atoms in total. The third kappa shape index (κ3) is 5.61. The molecule has 4 rings (SSSR count). The standard InChI is InChI=1S/C20H24N4O.C2HF3O2/c1-16-2-4-17(5-3-16)14-23-9-6-20(7-10-23)8-11-24(19(20)25)18-12-21-15-22-13-18;3-2(4,5)1(6)7/h2-5,12-13,15H,6-11,14H2,1H3;(H,6,7). The number of benzene rings is 1. The van der Waals surface area contributed by atoms with Crippen molar-refractivity contribution in [2.75, 3.05) is 24.5 Å². The van der Waals surface area contributed by atoms with Gasteiger partial charge in [0.25, 0.3) is 0 Å². The molecule has 0 unspecified atom stereocenters. The van der Waals surface area contributed by atoms with Gasteiger partial charge in [-0.25, -0.2) is 14.8 Å². The Labute approximate surface area is 183 Å². The van der Waals surface area contributed by atoms with Gasteiger partial charge in [-0.3, -0.25) is 9.69 Å². The Bertz CT molecular complexity index is 928. The lowest BCUT2D eigenvalue weighted by Crippen LogP contribution is -2.44. The number of carboxylic acids is 1. The number of likely N-dealkylation sites (tertiary alicyclic amines) is 1. The number of hydrogen-bond acceptors (Lipinski definition) is 5. The van der Waals surface area contributed by atoms with Gasteiger partial charge in [0.2, 0.25) is 5.91 Å². The predicted octanol–water partition coefficient (Wildman–Crippen LogP) is 3.44. The maximum atomic E-state index is 13.0. The average molecular weight is 450 g/mol. The molecule has 1 spiro atoms. The normalized spacial score (nSPS) is 18.4. The maximum absolute atomic E-state index is 13.0. The van der Waals surface area contributed by atoms with E-state index < -0.39 is 12.1 Å². The summed E-state index contributed by atoms with van der Waals surface area (Å²) in [6.45, 7) is 5.84. The molecule has 0 radical (unpaired) electrons. The summed E-state index contributed by atoms with van der Waals surface area (Å²) in [6, 6.07) is 8.75. The van der Waals surface area contributed by atoms with Gasteiger partial charge < -0.3 is 10.0 Å². The Hall–Kier alpha value is -3.01. The lowest BCUT2D eigenvalue weighted by molar-refractivity contribution is -0.192. The quantitative estimate of drug-likeness (QED) is 0.771. The number of halogens is 3. The first kappa shape index (κ1) is 23.6. The van der Waals surface area contributed by atoms with E-state index in [0.717, 1.165) is 51.1 Å². The third-order valence-electron chi connectivity index (χ3n) is 5.95. The number of aliphatic carboxylic acids is 1. The van der Waals surface area contributed by atoms with Crippen molar-refractivity contribution in [2.24, 2.45) is 5.41 Å². The van der Waals surface area contributed by atoms with Crippen molar-refractivity contribution in [3.63, 3.8) is 0 Å². The van der Waals surface area contributed by atoms with Crippen LogP contribution in [0.5, 0.6) is 0 Å². The number of nitrogens with zero attached hydrogens (tertiary/aromatic N) is 4. The van der Waals surface area contributed by atoms with E-state index in [-0.39, 0.29) is 11.3 Å². The van der Waals surface area contributed by atoms with Crippen molar-refractivity contribution in [2.45, 2.75) is 38.9 Å². The number of alkyl halides is 3. The second-order valence-electron chi connectivity index (χ2n) is 8.15. The second kappa shape index (κ2) is 9.64. The van der Waals surface area contributed by atoms with Crippen LogP contribution in [0, 0.1) is 12.3 Å². The zero-order valence-corrected chi connectivity index (χ0v) is 17.7. The summed E-state index contributed by atoms with van der Waals surface area (Å²) in [5, 5.41) is 7.12. The second-order valence-corrected chi connectivity index (χ2v) is 8.15. The van der Waals surface area contributed by atoms with Gasteiger partial charge in [-0.05, 0) is 44.8 Å². The van der Waals surface area contributed by atoms with Gasteiger partial charge in [0, 0.05) is 13.1 Å². The van der Waals surface area contributed by atoms with Crippen molar-refractivity contribution < 1.29 is 27.9 Å². The molecule has 2 saturated heterocycles. The first-order valence-electron chi connectivity index (χ1n) is 10.3. The highest BCUT2D eigenvalue weighted by atomic mass is 19.4. The van der Waals surface area contributed by atoms with E-state index >= 15 is 0 Å². The van der Waals surface area contributed by atoms with Crippen LogP contribution in [0.15, 0.2) is 43.0 Å². The Morgan fingerprint density at radius 1 is 1.06 bits per heavy atom. The Morgan fingerprint density at radius 3 is 2.12 bits per heavy atom. The lowest BCUT2D eigenvalue weighted by atomic mass is 9.77. The minimum absolute atomic E-state index is 0.181. The Kier molecular flexibility index (Phi) is 7.12. The molecule has 0 aliphatic carbocycles. The first-order valence-corrected chi connectivity index (χ1v) is 10.3. The number of amides is 1. The van der Waals surface area contributed by atoms with E-state index in [1.54, 1.807) is 12.4 Å². The molecular formula is C22H25F3N4O3. The van der Waals surface area contributed by atoms with Crippen LogP contribution in [-0.2, 0) is 16.1 Å². The molecular weight excluding hydrogens is 425 g/mol. The highest BCUT2D eigenvalue weighted by Gasteiger charge is 2.48. The third-order valence-corrected chi connectivity index (χ3v) is 5.95. The first-order chi connectivity index (χ1) is 15.1. The van der Waals surface area contributed by atoms with E-state index in [4.69, 9.17) is 9.90 Å². The van der Waals surface area contributed by atoms with Gasteiger partial charge in [0.1, 0.15) is 6.33 Å². The van der Waals surface area contributed by atoms with Gasteiger partial charge in [-0.15, -0.1) is 0 Å². The van der Waals surface area contributed by atoms with Crippen molar-refractivity contribution >= 4 is 17.6 Å². The van der Waals surface area contributed by atoms with E-state index in [0.29, 0.717) is 0 Å². The van der Waals surface area contributed by atoms with Crippen LogP contribution in [0.25, 0.3) is 0 Å². The van der Waals surface area contributed by atoms with Crippen LogP contribution in [0.1, 0.15) is 30.4 Å². The van der Waals surface area contributed by atoms with Crippen LogP contribution >= 0.6 is 0 Å². The molecule has 0 bridgehead atoms. The number of aryl methyl sites for hydroxylation is 1. The summed E-state index contributed by atoms with van der Waals surface area (Å²) in [6.07, 6.45) is 2.72. The number of hydrogen-bond donors (Lipinski definition) is 1. The van der Waals surface area contributed by atoms with E-state index in [1.807, 2.05) is 4.90 Å². The number of rotatable bonds is 3. The van der Waals surface area contributed by atoms with Crippen LogP contribution in [0.2, 0.25) is 0 Å². The van der Waals surface area contributed by atoms with Crippen LogP contribution < -0.4 is 4.90 Å². The highest BCUT2D eigenvalue weighted by molar-refractivity contribution is 5.99. The summed E-state index contributed by atoms with van der Waals surface area (Å²) >= 11 is 0. The van der Waals surface area contributed by atoms with Crippen LogP contribution in [0.3, 0.4) is 0 Å². The summed E-state index contributed by atoms with van der Waals surface area (Å²) in [5.74, 6) is -2.50. The minimum Gasteiger partial charge on any atom is -0.475 e. The summed E-state index contributed by atoms with van der Waals surface area (Å²) in [4.78, 5) is 34.4. The molecule has 1 N–H and O–H groups in total. The Morgan fingerprint density at radius 2 is 1.59 bits per heavy atom. The van der Waals surface area contributed by atoms with Gasteiger partial charge >= 0.3 is 12.1 Å². The number of aromatic nitrogens is 2. The molecule has 0 atom stereocenters. The monoisotopic (exact) mass is 450 g/mol. The van der Waals surface area contributed by atoms with Crippen LogP contribution in [-0.4, -0.2) is 57.7 Å². The number of piperidine rings is 1. The average Bonchev–Trinajstić information content (AvgIpc) is 3.08. The van der Waals surface area contributed by atoms with Crippen LogP contribution in [0.4, 0.5) is 18.9 Å². The minimum atomic E-state index is -5.08. The predicted molar refractivity (Wildman–Crippen MR) is 111 cm³/mol. The topological polar surface area (TPSA) is 86.6 Å². The fraction of sp³-hybridized carbons (Fsp3) is 0.455. The molecule has 32 heavy (non-hydrogen) atoms. The zero-order valence-electron chi connectivity index (χ0n) is 17.7. The SMILES string of the molecule is Cc1ccc(CN2CCC3(CC2)CCN(c2cncnc2)C3=O)cc1.O=C(O)C(F)(F)F. The van der Waals surface area contributed by atoms with Gasteiger partial charge in [-0.2, -0.15) is 13.2 Å². The summed E-state index contributed by atoms with van der Waals surface area (Å²) < 4.78 is 31.7. The maximum Gasteiger partial charge on any atom is 0.490 e. The van der Waals surface area contributed by atoms with Gasteiger partial charge in [-0.1, -0.05) is 29.8 Å². The molecule has 2 aliphatic heterocycles. The van der Waals surface area contributed by atoms with Crippen molar-refractivity contribution in [1.82, 2.24) is 14.9 Å². The largest absolute Gasteiger partial charge is 0.490 e. The molecule has 2 aliphatic rings. The van der Waals surface area contributed by atoms with E-state index in [9.17, 15) is 18.0 Å². The lowest BCUT2D eigenvalue weighted by Gasteiger charge is -2.38. The van der Waals surface area contributed by atoms with E-state index in [1.165, 1.54) is 17.5 Å². The molecule has 0 saturated carbocycles. The van der Waals surface area contributed by atoms with Gasteiger partial charge in [0.05, 0.1) is 23.5 Å². The van der Waals surface area contributed by atoms with Crippen molar-refractivity contribution in [3.8, 4) is 0 Å². The van der Waals surface area contributed by atoms with Crippen molar-refractivity contribution in [3.05, 3.63) is 54.1 Å². The molecule has 2 fully saturated rings. The number of carbonyl (C=O) groups is 2. The van der Waals surface area contributed by atoms with E-state index in [2.05, 4.69) is 46.1 Å². The fourth-order valence-electron chi connectivity index (χ4n) is 4.05. The molecule has 3 heterocycles. The molecule has 2 aromatic rings. The highest BCUT2D eigenvalue weighted by Crippen LogP contribution is 2.43. The Balaban J connectivity index is 0.000000360. The van der Waals surface area contributed by atoms with Gasteiger partial charge in [0.15, 0.2) is 0 Å². The number of carboxylic acid groups (broad SMARTS) is 1. The summed E-state index contributed by atoms with van der Waals surface area (Å²) in [7, 11) is 0. The fourth-order valence-corrected chi connectivity index (χ4v) is 4.05. The number of carbonyl (C=O) groups excluding carboxylic acids is 1. The van der Waals surface area contributed by atoms with Crippen molar-refractivity contribution in [1.29, 1.82) is 0 Å². The summed E-state index contributed by atoms with van der Waals surface area (Å²) in [5.41, 5.74) is 3.29. The molecule has 1 aromatic carbocycles. The zero-order chi connectivity index (χ0) is 23.4. The molecule has 1 amide bonds. The molecule has 1 aromatic heterocycles. The molecule has 10 heteroatoms. The molecule has 172 valence electrons. The smallest absolute Gasteiger partial charge is 0.475 e.